The fraction of sp³-hybridized carbons (Fsp3) is 0.857. The lowest BCUT2D eigenvalue weighted by Crippen LogP contribution is -2.61. The Hall–Kier alpha value is -0.380. The highest BCUT2D eigenvalue weighted by molar-refractivity contribution is 5.20. The second-order valence-corrected chi connectivity index (χ2v) is 5.88. The number of nitrogens with one attached hydrogen (secondary N) is 1. The molecule has 1 fully saturated rings. The molecule has 3 N–H and O–H groups in total. The van der Waals surface area contributed by atoms with E-state index >= 15 is 0 Å². The van der Waals surface area contributed by atoms with E-state index in [2.05, 4.69) is 39.6 Å². The van der Waals surface area contributed by atoms with Crippen LogP contribution in [0.25, 0.3) is 0 Å². The molecule has 0 aromatic carbocycles. The van der Waals surface area contributed by atoms with Gasteiger partial charge in [-0.15, -0.1) is 6.58 Å². The van der Waals surface area contributed by atoms with Crippen LogP contribution in [-0.4, -0.2) is 30.8 Å². The van der Waals surface area contributed by atoms with E-state index in [1.54, 1.807) is 0 Å². The maximum atomic E-state index is 6.40. The molecule has 1 aliphatic rings. The summed E-state index contributed by atoms with van der Waals surface area (Å²) < 4.78 is 6.18. The first-order valence-electron chi connectivity index (χ1n) is 6.62. The molecule has 100 valence electrons. The Labute approximate surface area is 106 Å². The normalized spacial score (nSPS) is 38.0. The van der Waals surface area contributed by atoms with E-state index in [0.717, 1.165) is 6.42 Å². The van der Waals surface area contributed by atoms with Crippen molar-refractivity contribution in [1.29, 1.82) is 0 Å². The number of ether oxygens (including phenoxy) is 1. The van der Waals surface area contributed by atoms with Crippen molar-refractivity contribution in [2.24, 2.45) is 17.6 Å². The van der Waals surface area contributed by atoms with Gasteiger partial charge in [-0.05, 0) is 25.3 Å². The first-order chi connectivity index (χ1) is 7.89. The number of likely N-dealkylation sites (N-methyl/N-ethyl adjacent to an activating group) is 1. The minimum atomic E-state index is -0.298. The molecule has 0 radical (unpaired) electrons. The van der Waals surface area contributed by atoms with Gasteiger partial charge >= 0.3 is 0 Å². The van der Waals surface area contributed by atoms with Gasteiger partial charge in [-0.2, -0.15) is 0 Å². The van der Waals surface area contributed by atoms with E-state index in [0.29, 0.717) is 11.8 Å². The van der Waals surface area contributed by atoms with Crippen LogP contribution in [0.4, 0.5) is 0 Å². The molecule has 0 aromatic rings. The lowest BCUT2D eigenvalue weighted by molar-refractivity contribution is -0.00492. The molecule has 3 nitrogen and oxygen atoms in total. The average Bonchev–Trinajstić information content (AvgIpc) is 2.53. The molecule has 4 atom stereocenters. The maximum absolute atomic E-state index is 6.40. The zero-order chi connectivity index (χ0) is 13.2. The minimum Gasteiger partial charge on any atom is -0.371 e. The fourth-order valence-corrected chi connectivity index (χ4v) is 2.92. The topological polar surface area (TPSA) is 47.3 Å². The van der Waals surface area contributed by atoms with Gasteiger partial charge < -0.3 is 15.8 Å². The van der Waals surface area contributed by atoms with Crippen molar-refractivity contribution >= 4 is 0 Å². The zero-order valence-corrected chi connectivity index (χ0v) is 11.9. The Bertz CT molecular complexity index is 265. The van der Waals surface area contributed by atoms with Gasteiger partial charge in [0.05, 0.1) is 23.8 Å². The van der Waals surface area contributed by atoms with Gasteiger partial charge in [0.2, 0.25) is 0 Å². The van der Waals surface area contributed by atoms with Crippen LogP contribution in [0.3, 0.4) is 0 Å². The Kier molecular flexibility index (Phi) is 4.76. The van der Waals surface area contributed by atoms with Gasteiger partial charge in [0.15, 0.2) is 0 Å². The molecule has 0 saturated carbocycles. The second-order valence-electron chi connectivity index (χ2n) is 5.88. The van der Waals surface area contributed by atoms with Gasteiger partial charge in [-0.3, -0.25) is 0 Å². The monoisotopic (exact) mass is 240 g/mol. The standard InChI is InChI=1S/C14H28N2O/c1-7-14(16-6)12(15)11(8-9(2)3)17-13(14)10(4)5/h7,9-13,16H,1,8,15H2,2-6H3/t11-,12-,13+,14-/m1/s1. The number of nitrogens with two attached hydrogens (primary N) is 1. The van der Waals surface area contributed by atoms with Crippen LogP contribution in [0.1, 0.15) is 34.1 Å². The highest BCUT2D eigenvalue weighted by atomic mass is 16.5. The average molecular weight is 240 g/mol. The van der Waals surface area contributed by atoms with E-state index in [1.807, 2.05) is 13.1 Å². The van der Waals surface area contributed by atoms with Crippen LogP contribution in [0.5, 0.6) is 0 Å². The molecule has 0 aromatic heterocycles. The molecule has 0 spiro atoms. The predicted octanol–water partition coefficient (Wildman–Crippen LogP) is 1.93. The summed E-state index contributed by atoms with van der Waals surface area (Å²) >= 11 is 0. The van der Waals surface area contributed by atoms with Crippen LogP contribution in [0, 0.1) is 11.8 Å². The molecule has 1 heterocycles. The number of hydrogen-bond donors (Lipinski definition) is 2. The van der Waals surface area contributed by atoms with Crippen LogP contribution < -0.4 is 11.1 Å². The summed E-state index contributed by atoms with van der Waals surface area (Å²) in [5, 5.41) is 3.34. The van der Waals surface area contributed by atoms with Gasteiger partial charge in [0.25, 0.3) is 0 Å². The SMILES string of the molecule is C=C[C@@]1(NC)[C@H](N)[C@@H](CC(C)C)O[C@H]1C(C)C. The third-order valence-electron chi connectivity index (χ3n) is 3.82. The lowest BCUT2D eigenvalue weighted by Gasteiger charge is -2.36. The van der Waals surface area contributed by atoms with Crippen LogP contribution in [0.2, 0.25) is 0 Å². The van der Waals surface area contributed by atoms with Gasteiger partial charge in [-0.1, -0.05) is 33.8 Å². The quantitative estimate of drug-likeness (QED) is 0.722. The highest BCUT2D eigenvalue weighted by Crippen LogP contribution is 2.37. The minimum absolute atomic E-state index is 0.0280. The largest absolute Gasteiger partial charge is 0.371 e. The summed E-state index contributed by atoms with van der Waals surface area (Å²) in [6.45, 7) is 12.7. The molecule has 1 rings (SSSR count). The van der Waals surface area contributed by atoms with E-state index in [4.69, 9.17) is 10.5 Å². The summed E-state index contributed by atoms with van der Waals surface area (Å²) in [6, 6.07) is -0.0280. The van der Waals surface area contributed by atoms with Gasteiger partial charge in [0, 0.05) is 0 Å². The fourth-order valence-electron chi connectivity index (χ4n) is 2.92. The van der Waals surface area contributed by atoms with E-state index in [9.17, 15) is 0 Å². The van der Waals surface area contributed by atoms with Crippen molar-refractivity contribution in [1.82, 2.24) is 5.32 Å². The molecule has 1 aliphatic heterocycles. The Morgan fingerprint density at radius 3 is 2.29 bits per heavy atom. The van der Waals surface area contributed by atoms with Crippen LogP contribution in [0.15, 0.2) is 12.7 Å². The van der Waals surface area contributed by atoms with Crippen molar-refractivity contribution in [2.75, 3.05) is 7.05 Å². The van der Waals surface area contributed by atoms with Crippen molar-refractivity contribution in [2.45, 2.75) is 57.9 Å². The third kappa shape index (κ3) is 2.56. The summed E-state index contributed by atoms with van der Waals surface area (Å²) in [7, 11) is 1.94. The van der Waals surface area contributed by atoms with Crippen LogP contribution >= 0.6 is 0 Å². The summed E-state index contributed by atoms with van der Waals surface area (Å²) in [6.07, 6.45) is 3.15. The Morgan fingerprint density at radius 1 is 1.41 bits per heavy atom. The molecule has 17 heavy (non-hydrogen) atoms. The van der Waals surface area contributed by atoms with Crippen molar-refractivity contribution < 1.29 is 4.74 Å². The first-order valence-corrected chi connectivity index (χ1v) is 6.62. The number of hydrogen-bond acceptors (Lipinski definition) is 3. The molecule has 0 aliphatic carbocycles. The molecule has 0 amide bonds. The van der Waals surface area contributed by atoms with Gasteiger partial charge in [-0.25, -0.2) is 0 Å². The number of rotatable bonds is 5. The highest BCUT2D eigenvalue weighted by Gasteiger charge is 2.53. The predicted molar refractivity (Wildman–Crippen MR) is 72.9 cm³/mol. The first kappa shape index (κ1) is 14.7. The smallest absolute Gasteiger partial charge is 0.0835 e. The second kappa shape index (κ2) is 5.51. The van der Waals surface area contributed by atoms with Crippen LogP contribution in [-0.2, 0) is 4.74 Å². The molecular weight excluding hydrogens is 212 g/mol. The summed E-state index contributed by atoms with van der Waals surface area (Å²) in [5.41, 5.74) is 6.10. The van der Waals surface area contributed by atoms with Gasteiger partial charge in [0.1, 0.15) is 0 Å². The zero-order valence-electron chi connectivity index (χ0n) is 11.9. The third-order valence-corrected chi connectivity index (χ3v) is 3.82. The molecule has 3 heteroatoms. The van der Waals surface area contributed by atoms with E-state index in [-0.39, 0.29) is 23.8 Å². The van der Waals surface area contributed by atoms with Crippen molar-refractivity contribution in [3.63, 3.8) is 0 Å². The van der Waals surface area contributed by atoms with Crippen molar-refractivity contribution in [3.8, 4) is 0 Å². The van der Waals surface area contributed by atoms with E-state index in [1.165, 1.54) is 0 Å². The summed E-state index contributed by atoms with van der Waals surface area (Å²) in [4.78, 5) is 0. The molecule has 0 bridgehead atoms. The molecular formula is C14H28N2O. The molecule has 1 saturated heterocycles. The lowest BCUT2D eigenvalue weighted by atomic mass is 9.80. The Balaban J connectivity index is 2.96. The van der Waals surface area contributed by atoms with Crippen molar-refractivity contribution in [3.05, 3.63) is 12.7 Å². The maximum Gasteiger partial charge on any atom is 0.0835 e. The van der Waals surface area contributed by atoms with E-state index < -0.39 is 0 Å². The molecule has 0 unspecified atom stereocenters. The summed E-state index contributed by atoms with van der Waals surface area (Å²) in [5.74, 6) is 1.01. The Morgan fingerprint density at radius 2 is 2.00 bits per heavy atom.